The molecule has 2 aliphatic rings. The lowest BCUT2D eigenvalue weighted by molar-refractivity contribution is -0.0514. The van der Waals surface area contributed by atoms with E-state index in [1.807, 2.05) is 18.7 Å². The molecule has 2 rings (SSSR count). The number of aliphatic hydroxyl groups is 1. The van der Waals surface area contributed by atoms with Crippen LogP contribution in [0.2, 0.25) is 0 Å². The maximum atomic E-state index is 12.2. The highest BCUT2D eigenvalue weighted by atomic mass is 16.5. The molecule has 1 aliphatic carbocycles. The highest BCUT2D eigenvalue weighted by molar-refractivity contribution is 5.74. The van der Waals surface area contributed by atoms with Crippen LogP contribution >= 0.6 is 0 Å². The number of carbonyl (C=O) groups is 1. The van der Waals surface area contributed by atoms with E-state index in [0.29, 0.717) is 18.8 Å². The molecule has 0 unspecified atom stereocenters. The second-order valence-corrected chi connectivity index (χ2v) is 8.24. The second-order valence-electron chi connectivity index (χ2n) is 8.24. The Labute approximate surface area is 147 Å². The van der Waals surface area contributed by atoms with Crippen LogP contribution in [0.3, 0.4) is 0 Å². The molecule has 0 atom stereocenters. The molecule has 0 radical (unpaired) electrons. The fourth-order valence-electron chi connectivity index (χ4n) is 3.62. The maximum absolute atomic E-state index is 12.2. The minimum absolute atomic E-state index is 0.0490. The van der Waals surface area contributed by atoms with E-state index in [1.165, 1.54) is 32.1 Å². The Morgan fingerprint density at radius 1 is 1.12 bits per heavy atom. The Bertz CT molecular complexity index is 373. The highest BCUT2D eigenvalue weighted by Crippen LogP contribution is 2.25. The van der Waals surface area contributed by atoms with Crippen LogP contribution in [0.4, 0.5) is 4.79 Å². The Kier molecular flexibility index (Phi) is 7.82. The first kappa shape index (κ1) is 19.5. The average Bonchev–Trinajstić information content (AvgIpc) is 2.60. The Balaban J connectivity index is 1.58. The molecule has 5 nitrogen and oxygen atoms in total. The van der Waals surface area contributed by atoms with Crippen LogP contribution in [0.25, 0.3) is 0 Å². The van der Waals surface area contributed by atoms with Gasteiger partial charge in [0.2, 0.25) is 0 Å². The van der Waals surface area contributed by atoms with Crippen LogP contribution < -0.4 is 5.32 Å². The monoisotopic (exact) mass is 340 g/mol. The van der Waals surface area contributed by atoms with Crippen molar-refractivity contribution in [2.75, 3.05) is 26.2 Å². The first-order valence-corrected chi connectivity index (χ1v) is 9.79. The predicted octanol–water partition coefficient (Wildman–Crippen LogP) is 3.31. The van der Waals surface area contributed by atoms with Gasteiger partial charge in [-0.2, -0.15) is 0 Å². The van der Waals surface area contributed by atoms with Crippen molar-refractivity contribution < 1.29 is 14.6 Å². The van der Waals surface area contributed by atoms with Gasteiger partial charge in [-0.05, 0) is 43.9 Å². The summed E-state index contributed by atoms with van der Waals surface area (Å²) in [6.07, 6.45) is 10.9. The van der Waals surface area contributed by atoms with Crippen LogP contribution in [0.1, 0.15) is 71.6 Å². The third-order valence-corrected chi connectivity index (χ3v) is 5.40. The summed E-state index contributed by atoms with van der Waals surface area (Å²) in [5.74, 6) is 0. The molecule has 1 saturated carbocycles. The number of piperidine rings is 1. The first-order valence-electron chi connectivity index (χ1n) is 9.79. The smallest absolute Gasteiger partial charge is 0.317 e. The number of nitrogens with one attached hydrogen (secondary N) is 1. The quantitative estimate of drug-likeness (QED) is 0.699. The third kappa shape index (κ3) is 6.60. The Morgan fingerprint density at radius 3 is 2.38 bits per heavy atom. The van der Waals surface area contributed by atoms with Gasteiger partial charge in [0.1, 0.15) is 0 Å². The van der Waals surface area contributed by atoms with E-state index in [9.17, 15) is 9.90 Å². The summed E-state index contributed by atoms with van der Waals surface area (Å²) >= 11 is 0. The molecule has 2 N–H and O–H groups in total. The molecule has 0 spiro atoms. The summed E-state index contributed by atoms with van der Waals surface area (Å²) in [6.45, 7) is 6.56. The third-order valence-electron chi connectivity index (χ3n) is 5.40. The zero-order valence-electron chi connectivity index (χ0n) is 15.6. The lowest BCUT2D eigenvalue weighted by Crippen LogP contribution is -2.46. The minimum Gasteiger partial charge on any atom is -0.396 e. The van der Waals surface area contributed by atoms with Crippen molar-refractivity contribution in [3.05, 3.63) is 0 Å². The second kappa shape index (κ2) is 9.62. The van der Waals surface area contributed by atoms with Gasteiger partial charge >= 0.3 is 6.03 Å². The minimum atomic E-state index is -0.0560. The molecule has 0 aromatic rings. The molecule has 2 amide bonds. The van der Waals surface area contributed by atoms with Gasteiger partial charge in [0, 0.05) is 26.2 Å². The van der Waals surface area contributed by atoms with Crippen LogP contribution in [-0.4, -0.2) is 54.5 Å². The van der Waals surface area contributed by atoms with Gasteiger partial charge in [0.05, 0.1) is 12.2 Å². The topological polar surface area (TPSA) is 61.8 Å². The summed E-state index contributed by atoms with van der Waals surface area (Å²) in [6, 6.07) is 0.0490. The number of urea groups is 1. The van der Waals surface area contributed by atoms with Gasteiger partial charge in [-0.3, -0.25) is 0 Å². The lowest BCUT2D eigenvalue weighted by atomic mass is 9.89. The van der Waals surface area contributed by atoms with E-state index in [4.69, 9.17) is 4.74 Å². The van der Waals surface area contributed by atoms with Gasteiger partial charge in [-0.1, -0.05) is 33.1 Å². The molecule has 0 aromatic carbocycles. The number of likely N-dealkylation sites (tertiary alicyclic amines) is 1. The Morgan fingerprint density at radius 2 is 1.75 bits per heavy atom. The van der Waals surface area contributed by atoms with Crippen LogP contribution in [-0.2, 0) is 4.74 Å². The van der Waals surface area contributed by atoms with E-state index in [1.54, 1.807) is 0 Å². The number of hydrogen-bond donors (Lipinski definition) is 2. The molecule has 0 bridgehead atoms. The Hall–Kier alpha value is -0.810. The SMILES string of the molecule is CC(C)(CO)CCCNC(=O)N1CCC(OC2CCCCC2)CC1. The number of amides is 2. The van der Waals surface area contributed by atoms with Crippen molar-refractivity contribution >= 4 is 6.03 Å². The highest BCUT2D eigenvalue weighted by Gasteiger charge is 2.26. The molecule has 140 valence electrons. The van der Waals surface area contributed by atoms with E-state index in [0.717, 1.165) is 38.8 Å². The number of aliphatic hydroxyl groups excluding tert-OH is 1. The van der Waals surface area contributed by atoms with Crippen molar-refractivity contribution in [1.29, 1.82) is 0 Å². The molecular formula is C19H36N2O3. The molecular weight excluding hydrogens is 304 g/mol. The number of carbonyl (C=O) groups excluding carboxylic acids is 1. The van der Waals surface area contributed by atoms with Crippen LogP contribution in [0.15, 0.2) is 0 Å². The molecule has 1 aliphatic heterocycles. The maximum Gasteiger partial charge on any atom is 0.317 e. The van der Waals surface area contributed by atoms with E-state index in [-0.39, 0.29) is 18.1 Å². The largest absolute Gasteiger partial charge is 0.396 e. The fraction of sp³-hybridized carbons (Fsp3) is 0.947. The van der Waals surface area contributed by atoms with Crippen molar-refractivity contribution in [2.45, 2.75) is 83.8 Å². The van der Waals surface area contributed by atoms with Gasteiger partial charge in [-0.15, -0.1) is 0 Å². The van der Waals surface area contributed by atoms with Gasteiger partial charge in [0.25, 0.3) is 0 Å². The molecule has 2 fully saturated rings. The van der Waals surface area contributed by atoms with Crippen LogP contribution in [0, 0.1) is 5.41 Å². The number of rotatable bonds is 7. The number of hydrogen-bond acceptors (Lipinski definition) is 3. The predicted molar refractivity (Wildman–Crippen MR) is 96.1 cm³/mol. The zero-order chi connectivity index (χ0) is 17.4. The molecule has 24 heavy (non-hydrogen) atoms. The van der Waals surface area contributed by atoms with Crippen LogP contribution in [0.5, 0.6) is 0 Å². The first-order chi connectivity index (χ1) is 11.5. The van der Waals surface area contributed by atoms with Gasteiger partial charge in [-0.25, -0.2) is 4.79 Å². The summed E-state index contributed by atoms with van der Waals surface area (Å²) < 4.78 is 6.23. The molecule has 1 heterocycles. The number of ether oxygens (including phenoxy) is 1. The van der Waals surface area contributed by atoms with E-state index in [2.05, 4.69) is 5.32 Å². The average molecular weight is 341 g/mol. The summed E-state index contributed by atoms with van der Waals surface area (Å²) in [7, 11) is 0. The van der Waals surface area contributed by atoms with E-state index < -0.39 is 0 Å². The molecule has 0 aromatic heterocycles. The van der Waals surface area contributed by atoms with Crippen molar-refractivity contribution in [3.63, 3.8) is 0 Å². The normalized spacial score (nSPS) is 21.0. The van der Waals surface area contributed by atoms with Gasteiger partial charge in [0.15, 0.2) is 0 Å². The zero-order valence-corrected chi connectivity index (χ0v) is 15.6. The molecule has 1 saturated heterocycles. The number of nitrogens with zero attached hydrogens (tertiary/aromatic N) is 1. The van der Waals surface area contributed by atoms with Crippen molar-refractivity contribution in [2.24, 2.45) is 5.41 Å². The van der Waals surface area contributed by atoms with Crippen molar-refractivity contribution in [3.8, 4) is 0 Å². The fourth-order valence-corrected chi connectivity index (χ4v) is 3.62. The van der Waals surface area contributed by atoms with Gasteiger partial charge < -0.3 is 20.1 Å². The summed E-state index contributed by atoms with van der Waals surface area (Å²) in [5.41, 5.74) is -0.0560. The van der Waals surface area contributed by atoms with Crippen molar-refractivity contribution in [1.82, 2.24) is 10.2 Å². The van der Waals surface area contributed by atoms with E-state index >= 15 is 0 Å². The summed E-state index contributed by atoms with van der Waals surface area (Å²) in [5, 5.41) is 12.3. The summed E-state index contributed by atoms with van der Waals surface area (Å²) in [4.78, 5) is 14.1. The molecule has 5 heteroatoms. The lowest BCUT2D eigenvalue weighted by Gasteiger charge is -2.35. The standard InChI is InChI=1S/C19H36N2O3/c1-19(2,15-22)11-6-12-20-18(23)21-13-9-17(10-14-21)24-16-7-4-3-5-8-16/h16-17,22H,3-15H2,1-2H3,(H,20,23).